The molecule has 1 fully saturated rings. The molecule has 112 valence electrons. The third kappa shape index (κ3) is 2.69. The SMILES string of the molecule is CC(C)(C(N)c1ccc(F)c(F)c1F)N1CCCCC1. The molecule has 1 aliphatic heterocycles. The van der Waals surface area contributed by atoms with E-state index in [4.69, 9.17) is 5.73 Å². The number of hydrogen-bond acceptors (Lipinski definition) is 2. The lowest BCUT2D eigenvalue weighted by atomic mass is 9.86. The highest BCUT2D eigenvalue weighted by atomic mass is 19.2. The molecule has 0 spiro atoms. The number of piperidine rings is 1. The fraction of sp³-hybridized carbons (Fsp3) is 0.600. The Morgan fingerprint density at radius 3 is 2.25 bits per heavy atom. The zero-order valence-corrected chi connectivity index (χ0v) is 11.9. The van der Waals surface area contributed by atoms with Crippen LogP contribution in [0.1, 0.15) is 44.7 Å². The minimum atomic E-state index is -1.45. The summed E-state index contributed by atoms with van der Waals surface area (Å²) in [5.74, 6) is -3.82. The van der Waals surface area contributed by atoms with Crippen molar-refractivity contribution in [3.05, 3.63) is 35.1 Å². The normalized spacial score (nSPS) is 19.1. The van der Waals surface area contributed by atoms with E-state index in [1.54, 1.807) is 0 Å². The summed E-state index contributed by atoms with van der Waals surface area (Å²) < 4.78 is 40.3. The minimum absolute atomic E-state index is 0.0273. The summed E-state index contributed by atoms with van der Waals surface area (Å²) in [6.45, 7) is 5.63. The molecule has 1 atom stereocenters. The van der Waals surface area contributed by atoms with Crippen LogP contribution >= 0.6 is 0 Å². The molecule has 20 heavy (non-hydrogen) atoms. The van der Waals surface area contributed by atoms with Crippen LogP contribution in [0.5, 0.6) is 0 Å². The third-order valence-corrected chi connectivity index (χ3v) is 4.33. The van der Waals surface area contributed by atoms with Gasteiger partial charge in [0.05, 0.1) is 6.04 Å². The van der Waals surface area contributed by atoms with Gasteiger partial charge in [0, 0.05) is 11.1 Å². The van der Waals surface area contributed by atoms with Crippen molar-refractivity contribution in [3.8, 4) is 0 Å². The van der Waals surface area contributed by atoms with E-state index in [1.807, 2.05) is 13.8 Å². The van der Waals surface area contributed by atoms with Gasteiger partial charge in [0.25, 0.3) is 0 Å². The molecule has 1 saturated heterocycles. The summed E-state index contributed by atoms with van der Waals surface area (Å²) >= 11 is 0. The van der Waals surface area contributed by atoms with E-state index in [0.717, 1.165) is 32.0 Å². The van der Waals surface area contributed by atoms with Crippen LogP contribution in [0.3, 0.4) is 0 Å². The highest BCUT2D eigenvalue weighted by Crippen LogP contribution is 2.33. The first-order valence-electron chi connectivity index (χ1n) is 6.99. The van der Waals surface area contributed by atoms with Crippen LogP contribution in [0.4, 0.5) is 13.2 Å². The van der Waals surface area contributed by atoms with Crippen molar-refractivity contribution in [2.45, 2.75) is 44.7 Å². The predicted molar refractivity (Wildman–Crippen MR) is 72.7 cm³/mol. The first-order chi connectivity index (χ1) is 9.35. The molecule has 0 radical (unpaired) electrons. The molecule has 0 amide bonds. The van der Waals surface area contributed by atoms with E-state index in [9.17, 15) is 13.2 Å². The molecule has 1 aromatic rings. The third-order valence-electron chi connectivity index (χ3n) is 4.33. The van der Waals surface area contributed by atoms with Crippen LogP contribution in [0, 0.1) is 17.5 Å². The van der Waals surface area contributed by atoms with Gasteiger partial charge in [-0.1, -0.05) is 12.5 Å². The van der Waals surface area contributed by atoms with Gasteiger partial charge in [0.2, 0.25) is 0 Å². The summed E-state index contributed by atoms with van der Waals surface area (Å²) in [7, 11) is 0. The molecular formula is C15H21F3N2. The Kier molecular flexibility index (Phi) is 4.39. The van der Waals surface area contributed by atoms with Gasteiger partial charge in [-0.05, 0) is 45.8 Å². The fourth-order valence-corrected chi connectivity index (χ4v) is 2.83. The number of hydrogen-bond donors (Lipinski definition) is 1. The van der Waals surface area contributed by atoms with E-state index in [-0.39, 0.29) is 5.56 Å². The van der Waals surface area contributed by atoms with Crippen LogP contribution in [-0.2, 0) is 0 Å². The minimum Gasteiger partial charge on any atom is -0.322 e. The topological polar surface area (TPSA) is 29.3 Å². The maximum atomic E-state index is 13.9. The van der Waals surface area contributed by atoms with Crippen LogP contribution in [0.15, 0.2) is 12.1 Å². The Bertz CT molecular complexity index is 482. The smallest absolute Gasteiger partial charge is 0.194 e. The van der Waals surface area contributed by atoms with Gasteiger partial charge in [-0.15, -0.1) is 0 Å². The zero-order chi connectivity index (χ0) is 14.9. The first kappa shape index (κ1) is 15.3. The average Bonchev–Trinajstić information content (AvgIpc) is 2.45. The molecule has 2 N–H and O–H groups in total. The van der Waals surface area contributed by atoms with Crippen LogP contribution in [-0.4, -0.2) is 23.5 Å². The van der Waals surface area contributed by atoms with Gasteiger partial charge in [0.1, 0.15) is 0 Å². The second-order valence-corrected chi connectivity index (χ2v) is 5.94. The van der Waals surface area contributed by atoms with Gasteiger partial charge in [0.15, 0.2) is 17.5 Å². The number of nitrogens with zero attached hydrogens (tertiary/aromatic N) is 1. The molecule has 1 aliphatic rings. The molecule has 1 aromatic carbocycles. The highest BCUT2D eigenvalue weighted by Gasteiger charge is 2.36. The summed E-state index contributed by atoms with van der Waals surface area (Å²) in [5, 5.41) is 0. The number of nitrogens with two attached hydrogens (primary N) is 1. The van der Waals surface area contributed by atoms with Crippen LogP contribution in [0.25, 0.3) is 0 Å². The fourth-order valence-electron chi connectivity index (χ4n) is 2.83. The first-order valence-corrected chi connectivity index (χ1v) is 6.99. The molecule has 0 aromatic heterocycles. The largest absolute Gasteiger partial charge is 0.322 e. The molecule has 0 bridgehead atoms. The predicted octanol–water partition coefficient (Wildman–Crippen LogP) is 3.37. The summed E-state index contributed by atoms with van der Waals surface area (Å²) in [6.07, 6.45) is 3.34. The Morgan fingerprint density at radius 2 is 1.65 bits per heavy atom. The number of likely N-dealkylation sites (tertiary alicyclic amines) is 1. The summed E-state index contributed by atoms with van der Waals surface area (Å²) in [5.41, 5.74) is 5.67. The van der Waals surface area contributed by atoms with E-state index >= 15 is 0 Å². The lowest BCUT2D eigenvalue weighted by Crippen LogP contribution is -2.53. The quantitative estimate of drug-likeness (QED) is 0.863. The van der Waals surface area contributed by atoms with Crippen LogP contribution < -0.4 is 5.73 Å². The zero-order valence-electron chi connectivity index (χ0n) is 11.9. The second kappa shape index (κ2) is 5.74. The maximum absolute atomic E-state index is 13.9. The van der Waals surface area contributed by atoms with E-state index in [0.29, 0.717) is 0 Å². The van der Waals surface area contributed by atoms with Crippen molar-refractivity contribution >= 4 is 0 Å². The number of rotatable bonds is 3. The van der Waals surface area contributed by atoms with Crippen molar-refractivity contribution in [1.82, 2.24) is 4.90 Å². The van der Waals surface area contributed by atoms with Gasteiger partial charge in [-0.25, -0.2) is 13.2 Å². The Hall–Kier alpha value is -1.07. The highest BCUT2D eigenvalue weighted by molar-refractivity contribution is 5.26. The van der Waals surface area contributed by atoms with E-state index in [1.165, 1.54) is 12.5 Å². The summed E-state index contributed by atoms with van der Waals surface area (Å²) in [4.78, 5) is 2.20. The molecule has 0 saturated carbocycles. The molecule has 2 rings (SSSR count). The molecule has 1 heterocycles. The number of halogens is 3. The molecule has 1 unspecified atom stereocenters. The van der Waals surface area contributed by atoms with Gasteiger partial charge in [-0.2, -0.15) is 0 Å². The van der Waals surface area contributed by atoms with Gasteiger partial charge in [-0.3, -0.25) is 4.90 Å². The molecular weight excluding hydrogens is 265 g/mol. The second-order valence-electron chi connectivity index (χ2n) is 5.94. The lowest BCUT2D eigenvalue weighted by Gasteiger charge is -2.44. The standard InChI is InChI=1S/C15H21F3N2/c1-15(2,20-8-4-3-5-9-20)14(19)10-6-7-11(16)13(18)12(10)17/h6-7,14H,3-5,8-9,19H2,1-2H3. The monoisotopic (exact) mass is 286 g/mol. The van der Waals surface area contributed by atoms with E-state index < -0.39 is 29.0 Å². The van der Waals surface area contributed by atoms with E-state index in [2.05, 4.69) is 4.90 Å². The average molecular weight is 286 g/mol. The maximum Gasteiger partial charge on any atom is 0.194 e. The van der Waals surface area contributed by atoms with Crippen molar-refractivity contribution in [2.24, 2.45) is 5.73 Å². The van der Waals surface area contributed by atoms with Crippen LogP contribution in [0.2, 0.25) is 0 Å². The van der Waals surface area contributed by atoms with Crippen molar-refractivity contribution in [1.29, 1.82) is 0 Å². The molecule has 5 heteroatoms. The van der Waals surface area contributed by atoms with Crippen molar-refractivity contribution < 1.29 is 13.2 Å². The number of benzene rings is 1. The summed E-state index contributed by atoms with van der Waals surface area (Å²) in [6, 6.07) is 1.46. The molecule has 0 aliphatic carbocycles. The lowest BCUT2D eigenvalue weighted by molar-refractivity contribution is 0.0717. The van der Waals surface area contributed by atoms with Crippen molar-refractivity contribution in [3.63, 3.8) is 0 Å². The molecule has 2 nitrogen and oxygen atoms in total. The Balaban J connectivity index is 2.29. The van der Waals surface area contributed by atoms with Gasteiger partial charge < -0.3 is 5.73 Å². The van der Waals surface area contributed by atoms with Gasteiger partial charge >= 0.3 is 0 Å². The van der Waals surface area contributed by atoms with Crippen molar-refractivity contribution in [2.75, 3.05) is 13.1 Å². The Morgan fingerprint density at radius 1 is 1.05 bits per heavy atom. The Labute approximate surface area is 117 Å².